The van der Waals surface area contributed by atoms with Crippen LogP contribution in [0.1, 0.15) is 46.8 Å². The second-order valence-electron chi connectivity index (χ2n) is 6.51. The Labute approximate surface area is 141 Å². The van der Waals surface area contributed by atoms with Crippen LogP contribution in [0.3, 0.4) is 0 Å². The summed E-state index contributed by atoms with van der Waals surface area (Å²) in [5.74, 6) is 0.925. The highest BCUT2D eigenvalue weighted by Gasteiger charge is 2.28. The molecule has 2 aliphatic rings. The van der Waals surface area contributed by atoms with Crippen LogP contribution >= 0.6 is 0 Å². The molecule has 2 aromatic rings. The van der Waals surface area contributed by atoms with Crippen molar-refractivity contribution < 1.29 is 9.53 Å². The number of fused-ring (bicyclic) bond motifs is 1. The van der Waals surface area contributed by atoms with Crippen LogP contribution in [0.2, 0.25) is 0 Å². The Morgan fingerprint density at radius 2 is 2.08 bits per heavy atom. The number of hydrogen-bond acceptors (Lipinski definition) is 5. The third-order valence-electron chi connectivity index (χ3n) is 4.82. The number of ketones is 1. The summed E-state index contributed by atoms with van der Waals surface area (Å²) < 4.78 is 5.61. The number of carbonyl (C=O) groups excluding carboxylic acids is 1. The van der Waals surface area contributed by atoms with Crippen LogP contribution in [0, 0.1) is 0 Å². The van der Waals surface area contributed by atoms with Gasteiger partial charge in [0.1, 0.15) is 0 Å². The lowest BCUT2D eigenvalue weighted by molar-refractivity contribution is 0.0962. The van der Waals surface area contributed by atoms with Gasteiger partial charge in [0.05, 0.1) is 17.4 Å². The average Bonchev–Trinajstić information content (AvgIpc) is 3.14. The number of aromatic nitrogens is 2. The van der Waals surface area contributed by atoms with Crippen molar-refractivity contribution in [3.05, 3.63) is 53.3 Å². The highest BCUT2D eigenvalue weighted by molar-refractivity contribution is 5.98. The number of nitrogens with zero attached hydrogens (tertiary/aromatic N) is 2. The summed E-state index contributed by atoms with van der Waals surface area (Å²) in [5, 5.41) is 3.25. The quantitative estimate of drug-likeness (QED) is 0.937. The number of ether oxygens (including phenoxy) is 1. The Kier molecular flexibility index (Phi) is 4.26. The summed E-state index contributed by atoms with van der Waals surface area (Å²) in [4.78, 5) is 21.3. The summed E-state index contributed by atoms with van der Waals surface area (Å²) in [5.41, 5.74) is 2.72. The lowest BCUT2D eigenvalue weighted by Gasteiger charge is -2.23. The van der Waals surface area contributed by atoms with Crippen LogP contribution in [-0.4, -0.2) is 35.0 Å². The number of rotatable bonds is 4. The minimum absolute atomic E-state index is 0.135. The van der Waals surface area contributed by atoms with E-state index in [0.29, 0.717) is 17.9 Å². The Morgan fingerprint density at radius 3 is 2.88 bits per heavy atom. The summed E-state index contributed by atoms with van der Waals surface area (Å²) >= 11 is 0. The van der Waals surface area contributed by atoms with Gasteiger partial charge in [0.25, 0.3) is 0 Å². The van der Waals surface area contributed by atoms with E-state index >= 15 is 0 Å². The molecule has 124 valence electrons. The van der Waals surface area contributed by atoms with E-state index < -0.39 is 0 Å². The minimum atomic E-state index is 0.135. The number of carbonyl (C=O) groups is 1. The van der Waals surface area contributed by atoms with Gasteiger partial charge < -0.3 is 10.1 Å². The van der Waals surface area contributed by atoms with Crippen LogP contribution in [0.15, 0.2) is 36.5 Å². The Balaban J connectivity index is 1.51. The second-order valence-corrected chi connectivity index (χ2v) is 6.51. The Morgan fingerprint density at radius 1 is 1.21 bits per heavy atom. The smallest absolute Gasteiger partial charge is 0.222 e. The molecule has 0 amide bonds. The molecule has 0 radical (unpaired) electrons. The zero-order valence-electron chi connectivity index (χ0n) is 13.6. The van der Waals surface area contributed by atoms with Gasteiger partial charge in [-0.2, -0.15) is 0 Å². The van der Waals surface area contributed by atoms with Crippen LogP contribution in [-0.2, 0) is 11.2 Å². The van der Waals surface area contributed by atoms with Crippen LogP contribution < -0.4 is 5.32 Å². The molecule has 1 aromatic heterocycles. The van der Waals surface area contributed by atoms with Gasteiger partial charge in [0, 0.05) is 25.8 Å². The highest BCUT2D eigenvalue weighted by atomic mass is 16.5. The van der Waals surface area contributed by atoms with Gasteiger partial charge in [-0.15, -0.1) is 0 Å². The number of nitrogens with one attached hydrogen (secondary N) is 1. The topological polar surface area (TPSA) is 64.1 Å². The molecule has 0 bridgehead atoms. The lowest BCUT2D eigenvalue weighted by atomic mass is 9.82. The van der Waals surface area contributed by atoms with Crippen LogP contribution in [0.5, 0.6) is 0 Å². The van der Waals surface area contributed by atoms with E-state index in [1.807, 2.05) is 18.2 Å². The predicted octanol–water partition coefficient (Wildman–Crippen LogP) is 2.98. The predicted molar refractivity (Wildman–Crippen MR) is 91.3 cm³/mol. The molecule has 1 saturated heterocycles. The maximum atomic E-state index is 12.4. The highest BCUT2D eigenvalue weighted by Crippen LogP contribution is 2.31. The average molecular weight is 323 g/mol. The van der Waals surface area contributed by atoms with E-state index in [2.05, 4.69) is 27.4 Å². The molecule has 1 fully saturated rings. The molecule has 1 aromatic carbocycles. The van der Waals surface area contributed by atoms with E-state index in [1.54, 1.807) is 6.20 Å². The fourth-order valence-electron chi connectivity index (χ4n) is 3.50. The van der Waals surface area contributed by atoms with Gasteiger partial charge in [-0.25, -0.2) is 9.97 Å². The first-order valence-electron chi connectivity index (χ1n) is 8.59. The standard InChI is InChI=1S/C19H21N3O2/c23-18-10-14(13-5-2-1-3-6-13)9-17-16(18)12-21-19(22-17)20-11-15-7-4-8-24-15/h1-3,5-6,12,14-15H,4,7-11H2,(H,20,21,22)/t14-,15-/m1/s1. The largest absolute Gasteiger partial charge is 0.376 e. The summed E-state index contributed by atoms with van der Waals surface area (Å²) in [6.45, 7) is 1.56. The Bertz CT molecular complexity index is 727. The van der Waals surface area contributed by atoms with E-state index in [9.17, 15) is 4.79 Å². The molecule has 0 saturated carbocycles. The molecule has 0 spiro atoms. The third kappa shape index (κ3) is 3.17. The molecule has 1 aliphatic heterocycles. The van der Waals surface area contributed by atoms with Crippen molar-refractivity contribution >= 4 is 11.7 Å². The van der Waals surface area contributed by atoms with Crippen molar-refractivity contribution in [3.8, 4) is 0 Å². The van der Waals surface area contributed by atoms with Crippen LogP contribution in [0.25, 0.3) is 0 Å². The van der Waals surface area contributed by atoms with Gasteiger partial charge in [0.15, 0.2) is 5.78 Å². The van der Waals surface area contributed by atoms with Crippen LogP contribution in [0.4, 0.5) is 5.95 Å². The maximum Gasteiger partial charge on any atom is 0.222 e. The van der Waals surface area contributed by atoms with Crippen molar-refractivity contribution in [3.63, 3.8) is 0 Å². The first kappa shape index (κ1) is 15.3. The molecule has 5 heteroatoms. The van der Waals surface area contributed by atoms with E-state index in [4.69, 9.17) is 4.74 Å². The van der Waals surface area contributed by atoms with Crippen molar-refractivity contribution in [2.75, 3.05) is 18.5 Å². The van der Waals surface area contributed by atoms with Crippen molar-refractivity contribution in [1.82, 2.24) is 9.97 Å². The summed E-state index contributed by atoms with van der Waals surface area (Å²) in [6.07, 6.45) is 5.41. The first-order valence-corrected chi connectivity index (χ1v) is 8.59. The van der Waals surface area contributed by atoms with Gasteiger partial charge in [-0.3, -0.25) is 4.79 Å². The molecule has 4 rings (SSSR count). The number of anilines is 1. The fourth-order valence-corrected chi connectivity index (χ4v) is 3.50. The second kappa shape index (κ2) is 6.69. The zero-order chi connectivity index (χ0) is 16.4. The maximum absolute atomic E-state index is 12.4. The Hall–Kier alpha value is -2.27. The summed E-state index contributed by atoms with van der Waals surface area (Å²) in [6, 6.07) is 10.2. The van der Waals surface area contributed by atoms with E-state index in [1.165, 1.54) is 5.56 Å². The van der Waals surface area contributed by atoms with Gasteiger partial charge in [0.2, 0.25) is 5.95 Å². The van der Waals surface area contributed by atoms with Gasteiger partial charge >= 0.3 is 0 Å². The van der Waals surface area contributed by atoms with Crippen molar-refractivity contribution in [2.24, 2.45) is 0 Å². The molecular weight excluding hydrogens is 302 g/mol. The SMILES string of the molecule is O=C1C[C@H](c2ccccc2)Cc2nc(NC[C@H]3CCCO3)ncc21. The first-order chi connectivity index (χ1) is 11.8. The lowest BCUT2D eigenvalue weighted by Crippen LogP contribution is -2.23. The molecule has 2 atom stereocenters. The van der Waals surface area contributed by atoms with Crippen molar-refractivity contribution in [2.45, 2.75) is 37.7 Å². The normalized spacial score (nSPS) is 23.1. The number of hydrogen-bond donors (Lipinski definition) is 1. The molecule has 1 aliphatic carbocycles. The fraction of sp³-hybridized carbons (Fsp3) is 0.421. The molecule has 0 unspecified atom stereocenters. The van der Waals surface area contributed by atoms with E-state index in [-0.39, 0.29) is 17.8 Å². The number of benzene rings is 1. The monoisotopic (exact) mass is 323 g/mol. The van der Waals surface area contributed by atoms with Crippen molar-refractivity contribution in [1.29, 1.82) is 0 Å². The van der Waals surface area contributed by atoms with Gasteiger partial charge in [-0.1, -0.05) is 30.3 Å². The molecule has 5 nitrogen and oxygen atoms in total. The zero-order valence-corrected chi connectivity index (χ0v) is 13.6. The summed E-state index contributed by atoms with van der Waals surface area (Å²) in [7, 11) is 0. The van der Waals surface area contributed by atoms with Gasteiger partial charge in [-0.05, 0) is 30.7 Å². The molecule has 24 heavy (non-hydrogen) atoms. The molecular formula is C19H21N3O2. The van der Waals surface area contributed by atoms with E-state index in [0.717, 1.165) is 38.1 Å². The third-order valence-corrected chi connectivity index (χ3v) is 4.82. The molecule has 2 heterocycles. The number of Topliss-reactive ketones (excluding diaryl/α,β-unsaturated/α-hetero) is 1. The molecule has 1 N–H and O–H groups in total. The minimum Gasteiger partial charge on any atom is -0.376 e.